The van der Waals surface area contributed by atoms with Gasteiger partial charge in [0, 0.05) is 5.41 Å². The monoisotopic (exact) mass is 314 g/mol. The summed E-state index contributed by atoms with van der Waals surface area (Å²) in [6, 6.07) is 5.18. The molecule has 1 heterocycles. The zero-order valence-corrected chi connectivity index (χ0v) is 12.7. The van der Waals surface area contributed by atoms with E-state index < -0.39 is 27.2 Å². The van der Waals surface area contributed by atoms with E-state index in [9.17, 15) is 17.6 Å². The van der Waals surface area contributed by atoms with Gasteiger partial charge in [0.05, 0.1) is 5.75 Å². The molecule has 0 radical (unpaired) electrons. The lowest BCUT2D eigenvalue weighted by molar-refractivity contribution is -0.129. The highest BCUT2D eigenvalue weighted by atomic mass is 32.2. The third-order valence-corrected chi connectivity index (χ3v) is 4.98. The highest BCUT2D eigenvalue weighted by Gasteiger charge is 2.36. The molecule has 21 heavy (non-hydrogen) atoms. The molecular weight excluding hydrogens is 295 g/mol. The van der Waals surface area contributed by atoms with Crippen molar-refractivity contribution in [2.45, 2.75) is 25.5 Å². The normalized spacial score (nSPS) is 18.2. The molecule has 1 fully saturated rings. The molecule has 0 aliphatic carbocycles. The fourth-order valence-corrected chi connectivity index (χ4v) is 3.54. The van der Waals surface area contributed by atoms with Gasteiger partial charge in [-0.05, 0) is 43.6 Å². The van der Waals surface area contributed by atoms with Crippen molar-refractivity contribution in [2.75, 3.05) is 13.1 Å². The Labute approximate surface area is 124 Å². The molecule has 0 bridgehead atoms. The van der Waals surface area contributed by atoms with Crippen molar-refractivity contribution in [3.05, 3.63) is 35.6 Å². The number of amides is 1. The summed E-state index contributed by atoms with van der Waals surface area (Å²) < 4.78 is 39.0. The molecule has 0 atom stereocenters. The molecule has 1 aromatic carbocycles. The van der Waals surface area contributed by atoms with Gasteiger partial charge < -0.3 is 5.32 Å². The number of nitrogens with one attached hydrogen (secondary N) is 2. The first kappa shape index (κ1) is 15.9. The van der Waals surface area contributed by atoms with Crippen LogP contribution in [0.4, 0.5) is 4.39 Å². The van der Waals surface area contributed by atoms with Gasteiger partial charge in [0.15, 0.2) is 0 Å². The second kappa shape index (κ2) is 6.11. The Morgan fingerprint density at radius 1 is 1.29 bits per heavy atom. The minimum atomic E-state index is -3.78. The van der Waals surface area contributed by atoms with Crippen LogP contribution in [0.25, 0.3) is 0 Å². The number of carbonyl (C=O) groups is 1. The predicted octanol–water partition coefficient (Wildman–Crippen LogP) is 1.16. The maximum absolute atomic E-state index is 12.8. The number of hydrogen-bond acceptors (Lipinski definition) is 4. The van der Waals surface area contributed by atoms with E-state index in [1.54, 1.807) is 6.92 Å². The summed E-state index contributed by atoms with van der Waals surface area (Å²) in [6.45, 7) is 3.17. The Bertz CT molecular complexity index is 608. The Kier molecular flexibility index (Phi) is 4.63. The predicted molar refractivity (Wildman–Crippen MR) is 77.4 cm³/mol. The molecular formula is C14H19FN2O3S. The van der Waals surface area contributed by atoms with Gasteiger partial charge in [-0.1, -0.05) is 19.1 Å². The van der Waals surface area contributed by atoms with Crippen molar-refractivity contribution >= 4 is 15.9 Å². The molecule has 1 saturated heterocycles. The zero-order chi connectivity index (χ0) is 15.5. The van der Waals surface area contributed by atoms with Gasteiger partial charge in [-0.25, -0.2) is 12.8 Å². The Morgan fingerprint density at radius 3 is 2.43 bits per heavy atom. The number of piperidine rings is 1. The fourth-order valence-electron chi connectivity index (χ4n) is 2.31. The summed E-state index contributed by atoms with van der Waals surface area (Å²) in [6.07, 6.45) is 1.20. The van der Waals surface area contributed by atoms with Crippen LogP contribution in [0.15, 0.2) is 24.3 Å². The summed E-state index contributed by atoms with van der Waals surface area (Å²) >= 11 is 0. The Balaban J connectivity index is 2.03. The van der Waals surface area contributed by atoms with Crippen LogP contribution in [0.3, 0.4) is 0 Å². The van der Waals surface area contributed by atoms with Crippen LogP contribution in [-0.2, 0) is 20.6 Å². The molecule has 1 aromatic rings. The first-order valence-corrected chi connectivity index (χ1v) is 8.46. The molecule has 116 valence electrons. The van der Waals surface area contributed by atoms with Gasteiger partial charge in [-0.2, -0.15) is 0 Å². The van der Waals surface area contributed by atoms with Crippen LogP contribution in [0.5, 0.6) is 0 Å². The standard InChI is InChI=1S/C14H19FN2O3S/c1-14(6-8-16-9-7-14)13(18)17-21(19,20)10-11-2-4-12(15)5-3-11/h2-5,16H,6-10H2,1H3,(H,17,18). The molecule has 0 unspecified atom stereocenters. The van der Waals surface area contributed by atoms with Gasteiger partial charge in [0.1, 0.15) is 5.82 Å². The molecule has 0 aromatic heterocycles. The quantitative estimate of drug-likeness (QED) is 0.874. The van der Waals surface area contributed by atoms with E-state index in [-0.39, 0.29) is 5.75 Å². The number of hydrogen-bond donors (Lipinski definition) is 2. The minimum Gasteiger partial charge on any atom is -0.317 e. The molecule has 7 heteroatoms. The second-order valence-electron chi connectivity index (χ2n) is 5.63. The maximum Gasteiger partial charge on any atom is 0.239 e. The summed E-state index contributed by atoms with van der Waals surface area (Å²) in [7, 11) is -3.78. The van der Waals surface area contributed by atoms with Crippen LogP contribution in [0, 0.1) is 11.2 Å². The molecule has 2 rings (SSSR count). The molecule has 0 spiro atoms. The van der Waals surface area contributed by atoms with E-state index in [0.29, 0.717) is 31.5 Å². The number of benzene rings is 1. The van der Waals surface area contributed by atoms with Crippen molar-refractivity contribution in [2.24, 2.45) is 5.41 Å². The smallest absolute Gasteiger partial charge is 0.239 e. The first-order chi connectivity index (χ1) is 9.81. The van der Waals surface area contributed by atoms with Crippen molar-refractivity contribution in [3.8, 4) is 0 Å². The van der Waals surface area contributed by atoms with E-state index in [1.165, 1.54) is 24.3 Å². The molecule has 1 aliphatic rings. The third kappa shape index (κ3) is 4.25. The van der Waals surface area contributed by atoms with Crippen LogP contribution in [-0.4, -0.2) is 27.4 Å². The van der Waals surface area contributed by atoms with Gasteiger partial charge in [-0.15, -0.1) is 0 Å². The fraction of sp³-hybridized carbons (Fsp3) is 0.500. The van der Waals surface area contributed by atoms with Gasteiger partial charge >= 0.3 is 0 Å². The molecule has 0 saturated carbocycles. The number of rotatable bonds is 4. The van der Waals surface area contributed by atoms with Crippen LogP contribution in [0.2, 0.25) is 0 Å². The lowest BCUT2D eigenvalue weighted by atomic mass is 9.80. The molecule has 1 aliphatic heterocycles. The van der Waals surface area contributed by atoms with E-state index in [0.717, 1.165) is 0 Å². The number of sulfonamides is 1. The largest absolute Gasteiger partial charge is 0.317 e. The summed E-state index contributed by atoms with van der Waals surface area (Å²) in [4.78, 5) is 12.2. The van der Waals surface area contributed by atoms with Gasteiger partial charge in [0.25, 0.3) is 0 Å². The van der Waals surface area contributed by atoms with Crippen LogP contribution in [0.1, 0.15) is 25.3 Å². The summed E-state index contributed by atoms with van der Waals surface area (Å²) in [5, 5.41) is 3.14. The highest BCUT2D eigenvalue weighted by Crippen LogP contribution is 2.28. The average molecular weight is 314 g/mol. The number of carbonyl (C=O) groups excluding carboxylic acids is 1. The molecule has 2 N–H and O–H groups in total. The topological polar surface area (TPSA) is 75.3 Å². The minimum absolute atomic E-state index is 0.340. The maximum atomic E-state index is 12.8. The molecule has 1 amide bonds. The zero-order valence-electron chi connectivity index (χ0n) is 11.9. The van der Waals surface area contributed by atoms with Crippen molar-refractivity contribution in [3.63, 3.8) is 0 Å². The Morgan fingerprint density at radius 2 is 1.86 bits per heavy atom. The number of halogens is 1. The van der Waals surface area contributed by atoms with Crippen molar-refractivity contribution in [1.29, 1.82) is 0 Å². The van der Waals surface area contributed by atoms with Crippen molar-refractivity contribution < 1.29 is 17.6 Å². The lowest BCUT2D eigenvalue weighted by Crippen LogP contribution is -2.47. The molecule has 5 nitrogen and oxygen atoms in total. The van der Waals surface area contributed by atoms with E-state index >= 15 is 0 Å². The Hall–Kier alpha value is -1.47. The van der Waals surface area contributed by atoms with Crippen molar-refractivity contribution in [1.82, 2.24) is 10.0 Å². The van der Waals surface area contributed by atoms with E-state index in [2.05, 4.69) is 10.0 Å². The first-order valence-electron chi connectivity index (χ1n) is 6.81. The third-order valence-electron chi connectivity index (χ3n) is 3.77. The lowest BCUT2D eigenvalue weighted by Gasteiger charge is -2.32. The van der Waals surface area contributed by atoms with E-state index in [4.69, 9.17) is 0 Å². The van der Waals surface area contributed by atoms with Crippen LogP contribution < -0.4 is 10.0 Å². The summed E-state index contributed by atoms with van der Waals surface area (Å²) in [5.74, 6) is -1.23. The SMILES string of the molecule is CC1(C(=O)NS(=O)(=O)Cc2ccc(F)cc2)CCNCC1. The second-order valence-corrected chi connectivity index (χ2v) is 7.35. The van der Waals surface area contributed by atoms with Crippen LogP contribution >= 0.6 is 0 Å². The van der Waals surface area contributed by atoms with Gasteiger partial charge in [0.2, 0.25) is 15.9 Å². The average Bonchev–Trinajstić information content (AvgIpc) is 2.41. The summed E-state index contributed by atoms with van der Waals surface area (Å²) in [5.41, 5.74) is -0.228. The highest BCUT2D eigenvalue weighted by molar-refractivity contribution is 7.89. The van der Waals surface area contributed by atoms with E-state index in [1.807, 2.05) is 0 Å². The van der Waals surface area contributed by atoms with Gasteiger partial charge in [-0.3, -0.25) is 9.52 Å².